The molecule has 0 aromatic rings. The normalized spacial score (nSPS) is 22.4. The third kappa shape index (κ3) is 3.85. The summed E-state index contributed by atoms with van der Waals surface area (Å²) in [4.78, 5) is 20.4. The molecular formula is C7H12O4. The summed E-state index contributed by atoms with van der Waals surface area (Å²) in [6, 6.07) is 0. The van der Waals surface area contributed by atoms with Crippen molar-refractivity contribution in [3.8, 4) is 0 Å². The molecular weight excluding hydrogens is 148 g/mol. The number of Topliss-reactive ketones (excluding diaryl/α,β-unsaturated/α-hetero) is 1. The molecule has 4 nitrogen and oxygen atoms in total. The number of methoxy groups -OCH3 is 1. The Kier molecular flexibility index (Phi) is 5.60. The van der Waals surface area contributed by atoms with E-state index in [9.17, 15) is 9.59 Å². The lowest BCUT2D eigenvalue weighted by Gasteiger charge is -1.87. The second-order valence-corrected chi connectivity index (χ2v) is 2.13. The molecule has 0 amide bonds. The largest absolute Gasteiger partial charge is 0.388 e. The minimum Gasteiger partial charge on any atom is -0.388 e. The van der Waals surface area contributed by atoms with Gasteiger partial charge in [-0.25, -0.2) is 0 Å². The lowest BCUT2D eigenvalue weighted by atomic mass is 10.1. The SMILES string of the molecule is COC.O=CC1COCC1=O. The second kappa shape index (κ2) is 6.00. The molecule has 0 N–H and O–H groups in total. The summed E-state index contributed by atoms with van der Waals surface area (Å²) in [7, 11) is 3.25. The molecule has 1 heterocycles. The van der Waals surface area contributed by atoms with E-state index in [0.717, 1.165) is 0 Å². The predicted octanol–water partition coefficient (Wildman–Crippen LogP) is -0.337. The van der Waals surface area contributed by atoms with Crippen molar-refractivity contribution in [2.75, 3.05) is 27.4 Å². The van der Waals surface area contributed by atoms with Gasteiger partial charge in [-0.05, 0) is 0 Å². The highest BCUT2D eigenvalue weighted by Gasteiger charge is 2.23. The summed E-state index contributed by atoms with van der Waals surface area (Å²) in [5, 5.41) is 0. The van der Waals surface area contributed by atoms with Crippen molar-refractivity contribution in [1.82, 2.24) is 0 Å². The van der Waals surface area contributed by atoms with Crippen LogP contribution in [0.4, 0.5) is 0 Å². The zero-order valence-corrected chi connectivity index (χ0v) is 6.70. The Morgan fingerprint density at radius 2 is 2.18 bits per heavy atom. The van der Waals surface area contributed by atoms with Gasteiger partial charge >= 0.3 is 0 Å². The van der Waals surface area contributed by atoms with Gasteiger partial charge in [-0.2, -0.15) is 0 Å². The summed E-state index contributed by atoms with van der Waals surface area (Å²) in [5.74, 6) is -0.574. The molecule has 1 atom stereocenters. The fourth-order valence-electron chi connectivity index (χ4n) is 0.602. The molecule has 1 aliphatic heterocycles. The molecule has 64 valence electrons. The molecule has 0 aromatic carbocycles. The minimum absolute atomic E-state index is 0.0972. The molecule has 0 saturated carbocycles. The average Bonchev–Trinajstić information content (AvgIpc) is 2.36. The van der Waals surface area contributed by atoms with Crippen molar-refractivity contribution in [2.24, 2.45) is 5.92 Å². The van der Waals surface area contributed by atoms with E-state index in [1.165, 1.54) is 0 Å². The van der Waals surface area contributed by atoms with Gasteiger partial charge in [-0.1, -0.05) is 0 Å². The number of carbonyl (C=O) groups excluding carboxylic acids is 2. The van der Waals surface area contributed by atoms with E-state index in [0.29, 0.717) is 6.29 Å². The number of hydrogen-bond acceptors (Lipinski definition) is 4. The molecule has 1 unspecified atom stereocenters. The van der Waals surface area contributed by atoms with E-state index >= 15 is 0 Å². The van der Waals surface area contributed by atoms with Gasteiger partial charge in [0.1, 0.15) is 12.9 Å². The first-order valence-corrected chi connectivity index (χ1v) is 3.22. The van der Waals surface area contributed by atoms with E-state index in [2.05, 4.69) is 9.47 Å². The van der Waals surface area contributed by atoms with Crippen molar-refractivity contribution in [3.63, 3.8) is 0 Å². The van der Waals surface area contributed by atoms with Crippen LogP contribution in [0, 0.1) is 5.92 Å². The maximum Gasteiger partial charge on any atom is 0.170 e. The fraction of sp³-hybridized carbons (Fsp3) is 0.714. The Hall–Kier alpha value is -0.740. The third-order valence-corrected chi connectivity index (χ3v) is 1.12. The zero-order chi connectivity index (χ0) is 8.69. The number of carbonyl (C=O) groups is 2. The smallest absolute Gasteiger partial charge is 0.170 e. The number of aldehydes is 1. The molecule has 1 aliphatic rings. The van der Waals surface area contributed by atoms with Crippen LogP contribution in [0.25, 0.3) is 0 Å². The highest BCUT2D eigenvalue weighted by atomic mass is 16.5. The van der Waals surface area contributed by atoms with Crippen LogP contribution in [0.5, 0.6) is 0 Å². The highest BCUT2D eigenvalue weighted by molar-refractivity contribution is 5.95. The first kappa shape index (κ1) is 10.3. The summed E-state index contributed by atoms with van der Waals surface area (Å²) in [5.41, 5.74) is 0. The fourth-order valence-corrected chi connectivity index (χ4v) is 0.602. The van der Waals surface area contributed by atoms with Crippen LogP contribution in [0.3, 0.4) is 0 Å². The second-order valence-electron chi connectivity index (χ2n) is 2.13. The summed E-state index contributed by atoms with van der Waals surface area (Å²) in [6.07, 6.45) is 0.634. The molecule has 4 heteroatoms. The summed E-state index contributed by atoms with van der Waals surface area (Å²) >= 11 is 0. The molecule has 1 saturated heterocycles. The van der Waals surface area contributed by atoms with E-state index < -0.39 is 5.92 Å². The van der Waals surface area contributed by atoms with Crippen LogP contribution in [0.1, 0.15) is 0 Å². The van der Waals surface area contributed by atoms with Crippen molar-refractivity contribution in [2.45, 2.75) is 0 Å². The van der Waals surface area contributed by atoms with Gasteiger partial charge in [0.2, 0.25) is 0 Å². The molecule has 1 fully saturated rings. The predicted molar refractivity (Wildman–Crippen MR) is 38.3 cm³/mol. The van der Waals surface area contributed by atoms with E-state index in [1.54, 1.807) is 14.2 Å². The van der Waals surface area contributed by atoms with Gasteiger partial charge in [0, 0.05) is 14.2 Å². The Labute approximate surface area is 65.5 Å². The third-order valence-electron chi connectivity index (χ3n) is 1.12. The average molecular weight is 160 g/mol. The number of rotatable bonds is 1. The van der Waals surface area contributed by atoms with Gasteiger partial charge in [0.25, 0.3) is 0 Å². The van der Waals surface area contributed by atoms with Gasteiger partial charge in [0.15, 0.2) is 5.78 Å². The van der Waals surface area contributed by atoms with Gasteiger partial charge in [0.05, 0.1) is 12.5 Å². The Balaban J connectivity index is 0.000000292. The van der Waals surface area contributed by atoms with Crippen LogP contribution < -0.4 is 0 Å². The monoisotopic (exact) mass is 160 g/mol. The van der Waals surface area contributed by atoms with Crippen LogP contribution in [-0.4, -0.2) is 39.5 Å². The minimum atomic E-state index is -0.477. The quantitative estimate of drug-likeness (QED) is 0.389. The van der Waals surface area contributed by atoms with E-state index in [-0.39, 0.29) is 19.0 Å². The molecule has 1 rings (SSSR count). The lowest BCUT2D eigenvalue weighted by Crippen LogP contribution is -2.11. The van der Waals surface area contributed by atoms with Gasteiger partial charge < -0.3 is 14.3 Å². The van der Waals surface area contributed by atoms with E-state index in [1.807, 2.05) is 0 Å². The Morgan fingerprint density at radius 3 is 2.36 bits per heavy atom. The van der Waals surface area contributed by atoms with Gasteiger partial charge in [-0.3, -0.25) is 4.79 Å². The molecule has 0 bridgehead atoms. The van der Waals surface area contributed by atoms with Crippen molar-refractivity contribution in [3.05, 3.63) is 0 Å². The first-order valence-electron chi connectivity index (χ1n) is 3.22. The molecule has 0 aromatic heterocycles. The van der Waals surface area contributed by atoms with Crippen molar-refractivity contribution in [1.29, 1.82) is 0 Å². The van der Waals surface area contributed by atoms with Crippen molar-refractivity contribution < 1.29 is 19.1 Å². The summed E-state index contributed by atoms with van der Waals surface area (Å²) < 4.78 is 8.93. The van der Waals surface area contributed by atoms with Crippen LogP contribution >= 0.6 is 0 Å². The van der Waals surface area contributed by atoms with Crippen molar-refractivity contribution >= 4 is 12.1 Å². The first-order chi connectivity index (χ1) is 5.26. The number of hydrogen-bond donors (Lipinski definition) is 0. The summed E-state index contributed by atoms with van der Waals surface area (Å²) in [6.45, 7) is 0.395. The molecule has 0 spiro atoms. The standard InChI is InChI=1S/C5H6O3.C2H6O/c6-1-4-2-8-3-5(4)7;1-3-2/h1,4H,2-3H2;1-2H3. The highest BCUT2D eigenvalue weighted by Crippen LogP contribution is 2.03. The van der Waals surface area contributed by atoms with Crippen LogP contribution in [0.15, 0.2) is 0 Å². The van der Waals surface area contributed by atoms with Crippen LogP contribution in [-0.2, 0) is 19.1 Å². The number of ether oxygens (including phenoxy) is 2. The Morgan fingerprint density at radius 1 is 1.64 bits per heavy atom. The maximum absolute atomic E-state index is 10.4. The van der Waals surface area contributed by atoms with E-state index in [4.69, 9.17) is 0 Å². The molecule has 11 heavy (non-hydrogen) atoms. The topological polar surface area (TPSA) is 52.6 Å². The molecule has 0 aliphatic carbocycles. The van der Waals surface area contributed by atoms with Gasteiger partial charge in [-0.15, -0.1) is 0 Å². The lowest BCUT2D eigenvalue weighted by molar-refractivity contribution is -0.124. The number of ketones is 1. The van der Waals surface area contributed by atoms with Crippen LogP contribution in [0.2, 0.25) is 0 Å². The maximum atomic E-state index is 10.4. The Bertz CT molecular complexity index is 132. The molecule has 0 radical (unpaired) electrons. The zero-order valence-electron chi connectivity index (χ0n) is 6.70.